The quantitative estimate of drug-likeness (QED) is 0.215. The van der Waals surface area contributed by atoms with Gasteiger partial charge in [0.25, 0.3) is 0 Å². The van der Waals surface area contributed by atoms with E-state index in [1.807, 2.05) is 0 Å². The van der Waals surface area contributed by atoms with Gasteiger partial charge in [-0.2, -0.15) is 0 Å². The van der Waals surface area contributed by atoms with Crippen LogP contribution in [0.4, 0.5) is 0 Å². The van der Waals surface area contributed by atoms with Crippen molar-refractivity contribution < 1.29 is 86.3 Å². The standard InChI is InChI=1S/2C23H32O7.Co/c2*1-20-6-3-16-17(23(20,29)9-5-15(20)13-10-18(25)30-12-13)4-7-21(28)11-14(24)2-8-22(16,21)19(26)27;/h2*10,14-17,24,28-29H,2-9,11-12H2,1H3,(H,26,27);/q;;+2/p-2/t2*14-,15+,16-,17+,20+,21-,22+,23-;/m00./s1. The van der Waals surface area contributed by atoms with Crippen molar-refractivity contribution in [1.82, 2.24) is 0 Å². The van der Waals surface area contributed by atoms with E-state index in [0.29, 0.717) is 64.2 Å². The van der Waals surface area contributed by atoms with Gasteiger partial charge in [0.15, 0.2) is 0 Å². The maximum Gasteiger partial charge on any atom is 2.00 e. The van der Waals surface area contributed by atoms with Crippen LogP contribution in [0.25, 0.3) is 0 Å². The van der Waals surface area contributed by atoms with Crippen molar-refractivity contribution in [3.8, 4) is 0 Å². The summed E-state index contributed by atoms with van der Waals surface area (Å²) in [6.45, 7) is 4.68. The smallest absolute Gasteiger partial charge is 0.549 e. The van der Waals surface area contributed by atoms with Gasteiger partial charge in [-0.3, -0.25) is 0 Å². The number of aliphatic carboxylic acids is 2. The van der Waals surface area contributed by atoms with Crippen LogP contribution in [0.2, 0.25) is 0 Å². The summed E-state index contributed by atoms with van der Waals surface area (Å²) in [5.41, 5.74) is -7.07. The van der Waals surface area contributed by atoms with E-state index in [-0.39, 0.29) is 116 Å². The summed E-state index contributed by atoms with van der Waals surface area (Å²) in [6.07, 6.45) is 9.29. The summed E-state index contributed by atoms with van der Waals surface area (Å²) in [6, 6.07) is 0. The summed E-state index contributed by atoms with van der Waals surface area (Å²) >= 11 is 0. The molecule has 0 aromatic carbocycles. The molecule has 15 heteroatoms. The van der Waals surface area contributed by atoms with E-state index in [2.05, 4.69) is 13.8 Å². The Balaban J connectivity index is 0.000000166. The van der Waals surface area contributed by atoms with Crippen molar-refractivity contribution in [2.45, 2.75) is 164 Å². The van der Waals surface area contributed by atoms with Crippen molar-refractivity contribution in [3.63, 3.8) is 0 Å². The number of carboxylic acids is 2. The molecule has 16 atom stereocenters. The van der Waals surface area contributed by atoms with Gasteiger partial charge in [-0.1, -0.05) is 13.8 Å². The summed E-state index contributed by atoms with van der Waals surface area (Å²) < 4.78 is 10.3. The Bertz CT molecular complexity index is 1790. The molecule has 14 nitrogen and oxygen atoms in total. The average Bonchev–Trinajstić information content (AvgIpc) is 3.93. The predicted molar refractivity (Wildman–Crippen MR) is 205 cm³/mol. The molecular weight excluding hydrogens is 835 g/mol. The van der Waals surface area contributed by atoms with Crippen LogP contribution in [0.15, 0.2) is 23.3 Å². The monoisotopic (exact) mass is 897 g/mol. The number of rotatable bonds is 4. The molecular formula is C46H62CoO14. The fraction of sp³-hybridized carbons (Fsp3) is 0.826. The largest absolute Gasteiger partial charge is 2.00 e. The van der Waals surface area contributed by atoms with E-state index in [0.717, 1.165) is 24.0 Å². The van der Waals surface area contributed by atoms with Crippen LogP contribution in [0, 0.1) is 57.2 Å². The van der Waals surface area contributed by atoms with Gasteiger partial charge in [0.05, 0.1) is 46.6 Å². The van der Waals surface area contributed by atoms with E-state index in [1.54, 1.807) is 12.2 Å². The molecule has 0 bridgehead atoms. The van der Waals surface area contributed by atoms with Crippen molar-refractivity contribution in [2.24, 2.45) is 57.2 Å². The number of carbonyl (C=O) groups excluding carboxylic acids is 4. The van der Waals surface area contributed by atoms with E-state index in [9.17, 15) is 60.0 Å². The number of carboxylic acid groups (broad SMARTS) is 2. The first-order chi connectivity index (χ1) is 28.1. The molecule has 2 heterocycles. The van der Waals surface area contributed by atoms with Crippen molar-refractivity contribution in [3.05, 3.63) is 23.3 Å². The Morgan fingerprint density at radius 2 is 0.918 bits per heavy atom. The molecule has 61 heavy (non-hydrogen) atoms. The number of ether oxygens (including phenoxy) is 2. The topological polar surface area (TPSA) is 254 Å². The van der Waals surface area contributed by atoms with Crippen molar-refractivity contribution in [2.75, 3.05) is 13.2 Å². The van der Waals surface area contributed by atoms with E-state index >= 15 is 0 Å². The summed E-state index contributed by atoms with van der Waals surface area (Å²) in [5, 5.41) is 92.5. The van der Waals surface area contributed by atoms with Crippen LogP contribution < -0.4 is 10.2 Å². The maximum absolute atomic E-state index is 12.6. The number of hydrogen-bond donors (Lipinski definition) is 6. The van der Waals surface area contributed by atoms with Gasteiger partial charge in [0, 0.05) is 46.7 Å². The minimum atomic E-state index is -1.50. The number of aliphatic hydroxyl groups is 6. The fourth-order valence-corrected chi connectivity index (χ4v) is 16.9. The molecule has 0 aromatic rings. The molecule has 10 aliphatic rings. The zero-order valence-electron chi connectivity index (χ0n) is 35.2. The zero-order chi connectivity index (χ0) is 43.1. The van der Waals surface area contributed by atoms with Crippen LogP contribution in [0.3, 0.4) is 0 Å². The molecule has 0 saturated heterocycles. The van der Waals surface area contributed by atoms with Crippen molar-refractivity contribution in [1.29, 1.82) is 0 Å². The predicted octanol–water partition coefficient (Wildman–Crippen LogP) is 0.896. The molecule has 339 valence electrons. The van der Waals surface area contributed by atoms with Crippen LogP contribution in [0.5, 0.6) is 0 Å². The minimum absolute atomic E-state index is 0. The number of aliphatic hydroxyl groups excluding tert-OH is 2. The van der Waals surface area contributed by atoms with Crippen LogP contribution in [-0.4, -0.2) is 102 Å². The second-order valence-electron chi connectivity index (χ2n) is 21.5. The first kappa shape index (κ1) is 45.2. The molecule has 8 saturated carbocycles. The Morgan fingerprint density at radius 1 is 0.557 bits per heavy atom. The van der Waals surface area contributed by atoms with Crippen LogP contribution in [-0.2, 0) is 45.4 Å². The van der Waals surface area contributed by atoms with E-state index in [4.69, 9.17) is 9.47 Å². The molecule has 6 N–H and O–H groups in total. The third kappa shape index (κ3) is 5.91. The number of carbonyl (C=O) groups is 4. The molecule has 8 aliphatic carbocycles. The zero-order valence-corrected chi connectivity index (χ0v) is 36.2. The fourth-order valence-electron chi connectivity index (χ4n) is 16.9. The van der Waals surface area contributed by atoms with Crippen LogP contribution in [0.1, 0.15) is 129 Å². The first-order valence-corrected chi connectivity index (χ1v) is 22.6. The van der Waals surface area contributed by atoms with E-state index < -0.39 is 68.2 Å². The maximum atomic E-state index is 12.6. The molecule has 0 amide bonds. The number of cyclic esters (lactones) is 2. The molecule has 0 aromatic heterocycles. The molecule has 0 unspecified atom stereocenters. The van der Waals surface area contributed by atoms with Gasteiger partial charge >= 0.3 is 28.7 Å². The average molecular weight is 898 g/mol. The summed E-state index contributed by atoms with van der Waals surface area (Å²) in [5.74, 6) is -4.39. The van der Waals surface area contributed by atoms with Gasteiger partial charge in [-0.25, -0.2) is 9.59 Å². The molecule has 10 rings (SSSR count). The minimum Gasteiger partial charge on any atom is -0.549 e. The summed E-state index contributed by atoms with van der Waals surface area (Å²) in [4.78, 5) is 48.4. The normalized spacial score (nSPS) is 51.8. The Kier molecular flexibility index (Phi) is 11.0. The van der Waals surface area contributed by atoms with Gasteiger partial charge < -0.3 is 59.9 Å². The Morgan fingerprint density at radius 3 is 1.25 bits per heavy atom. The Hall–Kier alpha value is -2.37. The molecule has 1 radical (unpaired) electrons. The van der Waals surface area contributed by atoms with Crippen LogP contribution >= 0.6 is 0 Å². The molecule has 0 spiro atoms. The molecule has 2 aliphatic heterocycles. The number of hydrogen-bond acceptors (Lipinski definition) is 14. The summed E-state index contributed by atoms with van der Waals surface area (Å²) in [7, 11) is 0. The van der Waals surface area contributed by atoms with Gasteiger partial charge in [-0.05, 0) is 149 Å². The SMILES string of the molecule is C[C@]12CC[C@H]3[C@@H](CC[C@]4(O)C[C@@H](O)CC[C@]34C(=O)[O-])[C@@]1(O)CC[C@@H]2C1=CC(=O)OC1.C[C@]12CC[C@H]3[C@@H](CC[C@]4(O)C[C@@H](O)CC[C@]34C(=O)[O-])[C@@]1(O)CC[C@@H]2C1=CC(=O)OC1.[Co+2]. The first-order valence-electron chi connectivity index (χ1n) is 22.6. The third-order valence-corrected chi connectivity index (χ3v) is 19.8. The van der Waals surface area contributed by atoms with Gasteiger partial charge in [0.2, 0.25) is 0 Å². The van der Waals surface area contributed by atoms with Crippen molar-refractivity contribution >= 4 is 23.9 Å². The Labute approximate surface area is 366 Å². The van der Waals surface area contributed by atoms with Gasteiger partial charge in [-0.15, -0.1) is 0 Å². The third-order valence-electron chi connectivity index (χ3n) is 19.8. The molecule has 8 fully saturated rings. The second-order valence-corrected chi connectivity index (χ2v) is 21.5. The number of esters is 2. The van der Waals surface area contributed by atoms with Gasteiger partial charge in [0.1, 0.15) is 13.2 Å². The number of fused-ring (bicyclic) bond motifs is 10. The second kappa shape index (κ2) is 14.8. The van der Waals surface area contributed by atoms with E-state index in [1.165, 1.54) is 0 Å².